The van der Waals surface area contributed by atoms with Crippen molar-refractivity contribution in [2.24, 2.45) is 0 Å². The Labute approximate surface area is 131 Å². The third-order valence-corrected chi connectivity index (χ3v) is 2.49. The number of aliphatic carboxylic acids is 1. The molecule has 122 valence electrons. The van der Waals surface area contributed by atoms with Crippen LogP contribution < -0.4 is 0 Å². The minimum atomic E-state index is -0.784. The summed E-state index contributed by atoms with van der Waals surface area (Å²) in [6.07, 6.45) is 1.88. The topological polar surface area (TPSA) is 82.8 Å². The molecule has 0 amide bonds. The Hall–Kier alpha value is -0.301. The van der Waals surface area contributed by atoms with Gasteiger partial charge in [-0.05, 0) is 13.1 Å². The number of rotatable bonds is 13. The summed E-state index contributed by atoms with van der Waals surface area (Å²) >= 11 is 3.00. The molecule has 0 rings (SSSR count). The van der Waals surface area contributed by atoms with Gasteiger partial charge in [-0.3, -0.25) is 9.69 Å². The molecule has 0 saturated carbocycles. The van der Waals surface area contributed by atoms with Gasteiger partial charge in [-0.2, -0.15) is 27.2 Å². The second-order valence-electron chi connectivity index (χ2n) is 4.13. The average Bonchev–Trinajstić information content (AvgIpc) is 2.44. The van der Waals surface area contributed by atoms with E-state index in [0.29, 0.717) is 13.1 Å². The molecule has 0 atom stereocenters. The van der Waals surface area contributed by atoms with E-state index in [1.807, 2.05) is 4.90 Å². The first kappa shape index (κ1) is 22.0. The number of nitrogens with zero attached hydrogens (tertiary/aromatic N) is 4. The van der Waals surface area contributed by atoms with Gasteiger partial charge in [-0.15, -0.1) is 13.1 Å². The maximum atomic E-state index is 10.7. The van der Waals surface area contributed by atoms with Crippen LogP contribution in [0, 0.1) is 0 Å². The van der Waals surface area contributed by atoms with Crippen LogP contribution in [0.2, 0.25) is 0 Å². The molecule has 20 heavy (non-hydrogen) atoms. The molecule has 0 aliphatic heterocycles. The number of carboxylic acids is 1. The number of hydrogen-bond acceptors (Lipinski definition) is 2. The van der Waals surface area contributed by atoms with Crippen molar-refractivity contribution in [3.05, 3.63) is 16.0 Å². The van der Waals surface area contributed by atoms with E-state index < -0.39 is 5.97 Å². The summed E-state index contributed by atoms with van der Waals surface area (Å²) in [5.74, 6) is -0.784. The van der Waals surface area contributed by atoms with Gasteiger partial charge in [0.15, 0.2) is 0 Å². The molecule has 0 spiro atoms. The van der Waals surface area contributed by atoms with Gasteiger partial charge in [-0.25, -0.2) is 0 Å². The first-order valence-corrected chi connectivity index (χ1v) is 7.42. The van der Waals surface area contributed by atoms with Gasteiger partial charge >= 0.3 is 27.0 Å². The van der Waals surface area contributed by atoms with Gasteiger partial charge < -0.3 is 21.1 Å². The van der Waals surface area contributed by atoms with Crippen LogP contribution in [0.1, 0.15) is 12.8 Å². The van der Waals surface area contributed by atoms with Crippen molar-refractivity contribution in [1.29, 1.82) is 0 Å². The van der Waals surface area contributed by atoms with Crippen LogP contribution in [0.25, 0.3) is 16.0 Å². The van der Waals surface area contributed by atoms with Gasteiger partial charge in [0, 0.05) is 0 Å². The van der Waals surface area contributed by atoms with Crippen LogP contribution in [-0.4, -0.2) is 81.3 Å². The monoisotopic (exact) mass is 327 g/mol. The zero-order chi connectivity index (χ0) is 15.6. The van der Waals surface area contributed by atoms with Crippen molar-refractivity contribution in [2.45, 2.75) is 12.8 Å². The predicted molar refractivity (Wildman–Crippen MR) is 81.8 cm³/mol. The van der Waals surface area contributed by atoms with E-state index in [2.05, 4.69) is 36.9 Å². The van der Waals surface area contributed by atoms with E-state index in [1.54, 1.807) is 14.1 Å². The van der Waals surface area contributed by atoms with Crippen molar-refractivity contribution in [1.82, 2.24) is 4.90 Å². The Balaban J connectivity index is 0. The first-order valence-electron chi connectivity index (χ1n) is 6.64. The second kappa shape index (κ2) is 18.7. The number of hydrogen-bond donors (Lipinski definition) is 1. The van der Waals surface area contributed by atoms with E-state index in [-0.39, 0.29) is 6.54 Å². The first-order chi connectivity index (χ1) is 9.70. The minimum absolute atomic E-state index is 0.0868. The zero-order valence-corrected chi connectivity index (χ0v) is 13.7. The summed E-state index contributed by atoms with van der Waals surface area (Å²) < 4.78 is 0. The normalized spacial score (nSPS) is 10.2. The molecule has 0 heterocycles. The van der Waals surface area contributed by atoms with Crippen LogP contribution in [0.3, 0.4) is 0 Å². The predicted octanol–water partition coefficient (Wildman–Crippen LogP) is 1.50. The standard InChI is InChI=1S/C12H25N4O2.CH2.Fe/c1-13-5-3-7-15-8-10-16(11-12(17)18)9-4-6-14-2;;/h3-11H2,1-2H3,(H,17,18);1H2;/q-3;;. The van der Waals surface area contributed by atoms with Crippen LogP contribution in [0.15, 0.2) is 0 Å². The molecule has 0 aliphatic rings. The zero-order valence-electron chi connectivity index (χ0n) is 12.6. The third kappa shape index (κ3) is 17.7. The van der Waals surface area contributed by atoms with Crippen molar-refractivity contribution in [2.75, 3.05) is 59.9 Å². The fourth-order valence-electron chi connectivity index (χ4n) is 1.58. The van der Waals surface area contributed by atoms with Gasteiger partial charge in [-0.1, -0.05) is 12.8 Å². The summed E-state index contributed by atoms with van der Waals surface area (Å²) in [5, 5.41) is 21.2. The molecule has 0 radical (unpaired) electrons. The molecule has 0 aromatic heterocycles. The third-order valence-electron chi connectivity index (χ3n) is 2.49. The van der Waals surface area contributed by atoms with Crippen LogP contribution >= 0.6 is 0 Å². The van der Waals surface area contributed by atoms with Gasteiger partial charge in [0.2, 0.25) is 0 Å². The number of carboxylic acid groups (broad SMARTS) is 1. The van der Waals surface area contributed by atoms with Gasteiger partial charge in [0.05, 0.1) is 6.54 Å². The van der Waals surface area contributed by atoms with E-state index in [0.717, 1.165) is 39.0 Å². The van der Waals surface area contributed by atoms with E-state index >= 15 is 0 Å². The van der Waals surface area contributed by atoms with Gasteiger partial charge in [0.1, 0.15) is 0 Å². The van der Waals surface area contributed by atoms with Crippen molar-refractivity contribution in [3.8, 4) is 0 Å². The Bertz CT molecular complexity index is 221. The van der Waals surface area contributed by atoms with Crippen molar-refractivity contribution < 1.29 is 25.5 Å². The molecule has 0 aromatic rings. The van der Waals surface area contributed by atoms with Crippen molar-refractivity contribution >= 4 is 11.4 Å². The average molecular weight is 327 g/mol. The maximum absolute atomic E-state index is 10.7. The van der Waals surface area contributed by atoms with Crippen molar-refractivity contribution in [3.63, 3.8) is 0 Å². The summed E-state index contributed by atoms with van der Waals surface area (Å²) in [7, 11) is 3.57. The summed E-state index contributed by atoms with van der Waals surface area (Å²) in [4.78, 5) is 12.6. The molecule has 0 aromatic carbocycles. The summed E-state index contributed by atoms with van der Waals surface area (Å²) in [6, 6.07) is 0. The molecule has 0 fully saturated rings. The fraction of sp³-hybridized carbons (Fsp3) is 0.846. The van der Waals surface area contributed by atoms with Crippen LogP contribution in [0.4, 0.5) is 0 Å². The Morgan fingerprint density at radius 3 is 2.20 bits per heavy atom. The molecule has 6 nitrogen and oxygen atoms in total. The van der Waals surface area contributed by atoms with E-state index in [1.165, 1.54) is 0 Å². The molecule has 0 saturated heterocycles. The Kier molecular flexibility index (Phi) is 20.6. The summed E-state index contributed by atoms with van der Waals surface area (Å²) in [6.45, 7) is 4.70. The van der Waals surface area contributed by atoms with E-state index in [9.17, 15) is 4.79 Å². The Morgan fingerprint density at radius 1 is 1.05 bits per heavy atom. The molecule has 7 heteroatoms. The molecule has 0 bridgehead atoms. The molecule has 1 N–H and O–H groups in total. The summed E-state index contributed by atoms with van der Waals surface area (Å²) in [5.41, 5.74) is 3.00. The fourth-order valence-corrected chi connectivity index (χ4v) is 1.58. The van der Waals surface area contributed by atoms with Crippen LogP contribution in [0.5, 0.6) is 0 Å². The second-order valence-corrected chi connectivity index (χ2v) is 4.13. The SMILES string of the molecule is C[N-]CCC[N-]CCN(CCC[N-]C)CC(=O)O.[CH2]=[Fe]. The molecular weight excluding hydrogens is 300 g/mol. The molecular formula is C13H27FeN4O2-3. The number of carbonyl (C=O) groups is 1. The van der Waals surface area contributed by atoms with Crippen LogP contribution in [-0.2, 0) is 20.4 Å². The quantitative estimate of drug-likeness (QED) is 0.411. The molecule has 0 aliphatic carbocycles. The van der Waals surface area contributed by atoms with E-state index in [4.69, 9.17) is 5.11 Å². The van der Waals surface area contributed by atoms with Gasteiger partial charge in [0.25, 0.3) is 0 Å². The molecule has 0 unspecified atom stereocenters. The Morgan fingerprint density at radius 2 is 1.65 bits per heavy atom.